The molecule has 1 amide bonds. The summed E-state index contributed by atoms with van der Waals surface area (Å²) in [6, 6.07) is 7.88. The summed E-state index contributed by atoms with van der Waals surface area (Å²) in [5.74, 6) is 0.134. The number of rotatable bonds is 2. The zero-order valence-corrected chi connectivity index (χ0v) is 9.14. The van der Waals surface area contributed by atoms with E-state index in [1.165, 1.54) is 12.5 Å². The first-order valence-corrected chi connectivity index (χ1v) is 4.91. The van der Waals surface area contributed by atoms with E-state index in [2.05, 4.69) is 15.4 Å². The number of carbonyl (C=O) groups excluding carboxylic acids is 1. The molecule has 0 saturated heterocycles. The highest BCUT2D eigenvalue weighted by atomic mass is 16.1. The molecular weight excluding hydrogens is 204 g/mol. The molecule has 0 radical (unpaired) electrons. The van der Waals surface area contributed by atoms with E-state index in [-0.39, 0.29) is 5.91 Å². The molecule has 0 fully saturated rings. The topological polar surface area (TPSA) is 59.8 Å². The fraction of sp³-hybridized carbons (Fsp3) is 0.182. The number of nitrogens with zero attached hydrogens (tertiary/aromatic N) is 3. The van der Waals surface area contributed by atoms with Gasteiger partial charge in [-0.15, -0.1) is 5.10 Å². The van der Waals surface area contributed by atoms with Crippen LogP contribution in [0.3, 0.4) is 0 Å². The van der Waals surface area contributed by atoms with Gasteiger partial charge in [0, 0.05) is 6.92 Å². The fourth-order valence-corrected chi connectivity index (χ4v) is 1.30. The highest BCUT2D eigenvalue weighted by molar-refractivity contribution is 5.86. The molecule has 1 N–H and O–H groups in total. The van der Waals surface area contributed by atoms with Crippen molar-refractivity contribution >= 4 is 11.9 Å². The molecule has 0 saturated carbocycles. The van der Waals surface area contributed by atoms with Crippen LogP contribution in [0.15, 0.2) is 30.6 Å². The third-order valence-corrected chi connectivity index (χ3v) is 2.08. The molecule has 0 aliphatic rings. The number of hydrogen-bond acceptors (Lipinski definition) is 3. The Morgan fingerprint density at radius 2 is 2.00 bits per heavy atom. The monoisotopic (exact) mass is 216 g/mol. The van der Waals surface area contributed by atoms with Crippen molar-refractivity contribution in [3.63, 3.8) is 0 Å². The summed E-state index contributed by atoms with van der Waals surface area (Å²) in [4.78, 5) is 14.8. The molecule has 0 aliphatic heterocycles. The summed E-state index contributed by atoms with van der Waals surface area (Å²) in [7, 11) is 0. The first-order valence-electron chi connectivity index (χ1n) is 4.91. The number of amides is 1. The van der Waals surface area contributed by atoms with Crippen LogP contribution in [0, 0.1) is 6.92 Å². The first-order chi connectivity index (χ1) is 7.65. The Hall–Kier alpha value is -2.17. The second-order valence-electron chi connectivity index (χ2n) is 3.53. The molecule has 2 aromatic rings. The van der Waals surface area contributed by atoms with Gasteiger partial charge in [0.1, 0.15) is 6.33 Å². The predicted octanol–water partition coefficient (Wildman–Crippen LogP) is 1.53. The lowest BCUT2D eigenvalue weighted by Gasteiger charge is -2.00. The Kier molecular flexibility index (Phi) is 2.68. The van der Waals surface area contributed by atoms with Crippen molar-refractivity contribution in [3.05, 3.63) is 36.2 Å². The fourth-order valence-electron chi connectivity index (χ4n) is 1.30. The molecule has 0 unspecified atom stereocenters. The smallest absolute Gasteiger partial charge is 0.249 e. The van der Waals surface area contributed by atoms with Gasteiger partial charge >= 0.3 is 0 Å². The standard InChI is InChI=1S/C11H12N4O/c1-8-3-5-10(6-4-8)15-7-12-11(14-15)13-9(2)16/h3-7H,1-2H3,(H,13,14,16). The summed E-state index contributed by atoms with van der Waals surface area (Å²) >= 11 is 0. The van der Waals surface area contributed by atoms with E-state index in [0.717, 1.165) is 5.69 Å². The Morgan fingerprint density at radius 3 is 2.62 bits per heavy atom. The quantitative estimate of drug-likeness (QED) is 0.828. The molecule has 2 rings (SSSR count). The van der Waals surface area contributed by atoms with Crippen LogP contribution in [-0.4, -0.2) is 20.7 Å². The molecule has 0 bridgehead atoms. The summed E-state index contributed by atoms with van der Waals surface area (Å²) in [5.41, 5.74) is 2.10. The molecule has 0 spiro atoms. The second-order valence-corrected chi connectivity index (χ2v) is 3.53. The van der Waals surface area contributed by atoms with Crippen molar-refractivity contribution in [2.45, 2.75) is 13.8 Å². The normalized spacial score (nSPS) is 10.1. The minimum atomic E-state index is -0.179. The summed E-state index contributed by atoms with van der Waals surface area (Å²) < 4.78 is 1.62. The van der Waals surface area contributed by atoms with Gasteiger partial charge in [-0.2, -0.15) is 4.98 Å². The van der Waals surface area contributed by atoms with Gasteiger partial charge in [-0.1, -0.05) is 17.7 Å². The number of aryl methyl sites for hydroxylation is 1. The number of anilines is 1. The van der Waals surface area contributed by atoms with E-state index in [9.17, 15) is 4.79 Å². The van der Waals surface area contributed by atoms with Crippen LogP contribution in [0.2, 0.25) is 0 Å². The molecule has 1 heterocycles. The highest BCUT2D eigenvalue weighted by Gasteiger charge is 2.03. The van der Waals surface area contributed by atoms with Crippen LogP contribution in [-0.2, 0) is 4.79 Å². The highest BCUT2D eigenvalue weighted by Crippen LogP contribution is 2.08. The average molecular weight is 216 g/mol. The van der Waals surface area contributed by atoms with E-state index in [1.807, 2.05) is 31.2 Å². The number of hydrogen-bond donors (Lipinski definition) is 1. The van der Waals surface area contributed by atoms with E-state index < -0.39 is 0 Å². The van der Waals surface area contributed by atoms with Crippen LogP contribution in [0.4, 0.5) is 5.95 Å². The maximum absolute atomic E-state index is 10.8. The van der Waals surface area contributed by atoms with Crippen molar-refractivity contribution < 1.29 is 4.79 Å². The van der Waals surface area contributed by atoms with Gasteiger partial charge < -0.3 is 0 Å². The average Bonchev–Trinajstić information content (AvgIpc) is 2.66. The minimum Gasteiger partial charge on any atom is -0.293 e. The van der Waals surface area contributed by atoms with Crippen LogP contribution < -0.4 is 5.32 Å². The third-order valence-electron chi connectivity index (χ3n) is 2.08. The minimum absolute atomic E-state index is 0.179. The van der Waals surface area contributed by atoms with Gasteiger partial charge in [-0.25, -0.2) is 4.68 Å². The summed E-state index contributed by atoms with van der Waals surface area (Å²) in [6.07, 6.45) is 1.57. The third kappa shape index (κ3) is 2.25. The van der Waals surface area contributed by atoms with Crippen LogP contribution in [0.25, 0.3) is 5.69 Å². The van der Waals surface area contributed by atoms with Gasteiger partial charge in [0.15, 0.2) is 0 Å². The van der Waals surface area contributed by atoms with E-state index >= 15 is 0 Å². The lowest BCUT2D eigenvalue weighted by Crippen LogP contribution is -2.07. The predicted molar refractivity (Wildman–Crippen MR) is 60.4 cm³/mol. The zero-order chi connectivity index (χ0) is 11.5. The Morgan fingerprint density at radius 1 is 1.31 bits per heavy atom. The van der Waals surface area contributed by atoms with Crippen molar-refractivity contribution in [2.24, 2.45) is 0 Å². The molecule has 82 valence electrons. The van der Waals surface area contributed by atoms with Crippen molar-refractivity contribution in [1.82, 2.24) is 14.8 Å². The second kappa shape index (κ2) is 4.14. The molecule has 5 heteroatoms. The Balaban J connectivity index is 2.24. The molecule has 0 aliphatic carbocycles. The van der Waals surface area contributed by atoms with Gasteiger partial charge in [0.2, 0.25) is 11.9 Å². The van der Waals surface area contributed by atoms with E-state index in [4.69, 9.17) is 0 Å². The summed E-state index contributed by atoms with van der Waals surface area (Å²) in [6.45, 7) is 3.44. The lowest BCUT2D eigenvalue weighted by atomic mass is 10.2. The molecule has 16 heavy (non-hydrogen) atoms. The van der Waals surface area contributed by atoms with E-state index in [0.29, 0.717) is 5.95 Å². The van der Waals surface area contributed by atoms with Crippen LogP contribution in [0.1, 0.15) is 12.5 Å². The van der Waals surface area contributed by atoms with Crippen LogP contribution in [0.5, 0.6) is 0 Å². The first kappa shape index (κ1) is 10.4. The van der Waals surface area contributed by atoms with Gasteiger partial charge in [0.25, 0.3) is 0 Å². The molecule has 1 aromatic heterocycles. The Bertz CT molecular complexity index is 501. The van der Waals surface area contributed by atoms with E-state index in [1.54, 1.807) is 11.0 Å². The van der Waals surface area contributed by atoms with Gasteiger partial charge in [-0.3, -0.25) is 10.1 Å². The molecule has 0 atom stereocenters. The number of benzene rings is 1. The zero-order valence-electron chi connectivity index (χ0n) is 9.14. The summed E-state index contributed by atoms with van der Waals surface area (Å²) in [5, 5.41) is 6.65. The van der Waals surface area contributed by atoms with Gasteiger partial charge in [0.05, 0.1) is 5.69 Å². The largest absolute Gasteiger partial charge is 0.293 e. The maximum Gasteiger partial charge on any atom is 0.249 e. The van der Waals surface area contributed by atoms with Crippen molar-refractivity contribution in [1.29, 1.82) is 0 Å². The number of carbonyl (C=O) groups is 1. The Labute approximate surface area is 93.1 Å². The van der Waals surface area contributed by atoms with Crippen molar-refractivity contribution in [3.8, 4) is 5.69 Å². The number of aromatic nitrogens is 3. The molecule has 5 nitrogen and oxygen atoms in total. The lowest BCUT2D eigenvalue weighted by molar-refractivity contribution is -0.114. The SMILES string of the molecule is CC(=O)Nc1ncn(-c2ccc(C)cc2)n1. The molecular formula is C11H12N4O. The number of nitrogens with one attached hydrogen (secondary N) is 1. The maximum atomic E-state index is 10.8. The van der Waals surface area contributed by atoms with Crippen LogP contribution >= 0.6 is 0 Å². The van der Waals surface area contributed by atoms with Crippen molar-refractivity contribution in [2.75, 3.05) is 5.32 Å². The van der Waals surface area contributed by atoms with Gasteiger partial charge in [-0.05, 0) is 19.1 Å². The molecule has 1 aromatic carbocycles.